The largest absolute Gasteiger partial charge is 0.505 e. The van der Waals surface area contributed by atoms with Crippen LogP contribution in [0.1, 0.15) is 11.1 Å². The number of benzene rings is 2. The van der Waals surface area contributed by atoms with E-state index in [2.05, 4.69) is 10.2 Å². The van der Waals surface area contributed by atoms with Crippen molar-refractivity contribution in [2.24, 2.45) is 0 Å². The first-order valence-electron chi connectivity index (χ1n) is 5.88. The van der Waals surface area contributed by atoms with Crippen molar-refractivity contribution in [3.05, 3.63) is 46.5 Å². The molecule has 21 heavy (non-hydrogen) atoms. The molecule has 0 aliphatic carbocycles. The number of nitrogens with zero attached hydrogens (tertiary/aromatic N) is 3. The molecule has 7 heteroatoms. The van der Waals surface area contributed by atoms with Gasteiger partial charge in [-0.3, -0.25) is 0 Å². The van der Waals surface area contributed by atoms with E-state index in [0.717, 1.165) is 16.6 Å². The van der Waals surface area contributed by atoms with E-state index < -0.39 is 0 Å². The molecule has 105 valence electrons. The summed E-state index contributed by atoms with van der Waals surface area (Å²) in [4.78, 5) is 1.44. The number of fused-ring (bicyclic) bond motifs is 1. The van der Waals surface area contributed by atoms with Gasteiger partial charge in [-0.25, -0.2) is 0 Å². The summed E-state index contributed by atoms with van der Waals surface area (Å²) in [6.45, 7) is 3.82. The van der Waals surface area contributed by atoms with Gasteiger partial charge in [-0.2, -0.15) is 0 Å². The summed E-state index contributed by atoms with van der Waals surface area (Å²) >= 11 is 5.93. The standard InChI is InChI=1S/C14H12ClN3O.U.V/c1-8-5-9(2)14(19)13(6-8)18-16-11-4-3-10(15)7-12(11)17-18;;/h3-7,19H,1-2H3;;. The zero-order chi connectivity index (χ0) is 13.6. The van der Waals surface area contributed by atoms with Crippen LogP contribution in [0.2, 0.25) is 5.02 Å². The molecule has 0 amide bonds. The molecule has 2 aromatic carbocycles. The predicted molar refractivity (Wildman–Crippen MR) is 75.0 cm³/mol. The van der Waals surface area contributed by atoms with Gasteiger partial charge in [0, 0.05) is 54.7 Å². The number of aromatic nitrogens is 3. The molecule has 0 spiro atoms. The zero-order valence-electron chi connectivity index (χ0n) is 11.5. The van der Waals surface area contributed by atoms with Crippen LogP contribution >= 0.6 is 11.6 Å². The van der Waals surface area contributed by atoms with Gasteiger partial charge in [0.25, 0.3) is 0 Å². The van der Waals surface area contributed by atoms with Gasteiger partial charge in [0.2, 0.25) is 0 Å². The second-order valence-corrected chi connectivity index (χ2v) is 5.01. The van der Waals surface area contributed by atoms with Crippen molar-refractivity contribution in [3.63, 3.8) is 0 Å². The van der Waals surface area contributed by atoms with Gasteiger partial charge in [0.15, 0.2) is 0 Å². The Morgan fingerprint density at radius 1 is 1.05 bits per heavy atom. The Bertz CT molecular complexity index is 791. The topological polar surface area (TPSA) is 50.9 Å². The first-order valence-corrected chi connectivity index (χ1v) is 6.25. The number of phenolic OH excluding ortho intramolecular Hbond substituents is 1. The summed E-state index contributed by atoms with van der Waals surface area (Å²) in [7, 11) is 0. The number of aryl methyl sites for hydroxylation is 2. The average Bonchev–Trinajstić information content (AvgIpc) is 2.76. The van der Waals surface area contributed by atoms with Gasteiger partial charge < -0.3 is 5.11 Å². The second-order valence-electron chi connectivity index (χ2n) is 4.57. The van der Waals surface area contributed by atoms with Crippen molar-refractivity contribution in [2.75, 3.05) is 0 Å². The normalized spacial score (nSPS) is 10.0. The monoisotopic (exact) mass is 562 g/mol. The van der Waals surface area contributed by atoms with Gasteiger partial charge in [0.05, 0.1) is 0 Å². The van der Waals surface area contributed by atoms with Crippen molar-refractivity contribution in [1.29, 1.82) is 0 Å². The van der Waals surface area contributed by atoms with E-state index in [-0.39, 0.29) is 55.4 Å². The summed E-state index contributed by atoms with van der Waals surface area (Å²) in [6, 6.07) is 9.09. The number of hydrogen-bond acceptors (Lipinski definition) is 3. The van der Waals surface area contributed by atoms with Crippen LogP contribution in [0.4, 0.5) is 0 Å². The van der Waals surface area contributed by atoms with Crippen molar-refractivity contribution in [1.82, 2.24) is 15.0 Å². The van der Waals surface area contributed by atoms with Gasteiger partial charge in [-0.1, -0.05) is 17.7 Å². The van der Waals surface area contributed by atoms with Crippen molar-refractivity contribution < 1.29 is 54.8 Å². The molecule has 3 aromatic rings. The van der Waals surface area contributed by atoms with Gasteiger partial charge in [-0.05, 0) is 49.2 Å². The molecule has 0 unspecified atom stereocenters. The predicted octanol–water partition coefficient (Wildman–Crippen LogP) is 3.39. The number of phenols is 1. The van der Waals surface area contributed by atoms with Gasteiger partial charge >= 0.3 is 0 Å². The van der Waals surface area contributed by atoms with Crippen LogP contribution in [-0.2, 0) is 18.6 Å². The average molecular weight is 563 g/mol. The third-order valence-electron chi connectivity index (χ3n) is 2.98. The quantitative estimate of drug-likeness (QED) is 0.495. The minimum absolute atomic E-state index is 0. The van der Waals surface area contributed by atoms with E-state index in [1.807, 2.05) is 26.0 Å². The minimum Gasteiger partial charge on any atom is -0.505 e. The number of rotatable bonds is 1. The molecular weight excluding hydrogens is 551 g/mol. The van der Waals surface area contributed by atoms with Crippen LogP contribution in [0.25, 0.3) is 16.7 Å². The molecule has 4 nitrogen and oxygen atoms in total. The molecule has 1 aromatic heterocycles. The Hall–Kier alpha value is -0.434. The number of aromatic hydroxyl groups is 1. The van der Waals surface area contributed by atoms with Crippen LogP contribution in [0.3, 0.4) is 0 Å². The zero-order valence-corrected chi connectivity index (χ0v) is 17.8. The molecule has 1 heterocycles. The number of hydrogen-bond donors (Lipinski definition) is 1. The molecule has 0 saturated carbocycles. The molecule has 1 N–H and O–H groups in total. The Balaban J connectivity index is 0.00000110. The fourth-order valence-electron chi connectivity index (χ4n) is 2.09. The summed E-state index contributed by atoms with van der Waals surface area (Å²) in [6.07, 6.45) is 0. The molecular formula is C14H12ClN3OUV. The Labute approximate surface area is 163 Å². The molecule has 0 atom stereocenters. The first kappa shape index (κ1) is 18.6. The van der Waals surface area contributed by atoms with E-state index in [4.69, 9.17) is 11.6 Å². The molecule has 0 bridgehead atoms. The first-order chi connectivity index (χ1) is 9.04. The van der Waals surface area contributed by atoms with Crippen LogP contribution in [-0.4, -0.2) is 20.1 Å². The molecule has 0 saturated heterocycles. The van der Waals surface area contributed by atoms with Crippen LogP contribution in [0.5, 0.6) is 5.75 Å². The van der Waals surface area contributed by atoms with Crippen LogP contribution in [0.15, 0.2) is 30.3 Å². The van der Waals surface area contributed by atoms with E-state index in [1.54, 1.807) is 18.2 Å². The third-order valence-corrected chi connectivity index (χ3v) is 3.22. The summed E-state index contributed by atoms with van der Waals surface area (Å²) in [5.41, 5.74) is 3.86. The van der Waals surface area contributed by atoms with Gasteiger partial charge in [0.1, 0.15) is 22.5 Å². The second kappa shape index (κ2) is 7.22. The van der Waals surface area contributed by atoms with Crippen molar-refractivity contribution in [2.45, 2.75) is 13.8 Å². The van der Waals surface area contributed by atoms with Crippen LogP contribution in [0, 0.1) is 45.0 Å². The fraction of sp³-hybridized carbons (Fsp3) is 0.143. The van der Waals surface area contributed by atoms with E-state index >= 15 is 0 Å². The minimum atomic E-state index is 0. The summed E-state index contributed by atoms with van der Waals surface area (Å²) < 4.78 is 0. The van der Waals surface area contributed by atoms with Crippen molar-refractivity contribution >= 4 is 22.6 Å². The van der Waals surface area contributed by atoms with Gasteiger partial charge in [-0.15, -0.1) is 15.0 Å². The SMILES string of the molecule is Cc1cc(C)c(O)c(-n2nc3ccc(Cl)cc3n2)c1.[U].[V]. The molecule has 1 radical (unpaired) electrons. The van der Waals surface area contributed by atoms with Crippen LogP contribution < -0.4 is 0 Å². The Kier molecular flexibility index (Phi) is 6.40. The molecule has 3 rings (SSSR count). The third kappa shape index (κ3) is 3.67. The summed E-state index contributed by atoms with van der Waals surface area (Å²) in [5.74, 6) is 0.192. The maximum absolute atomic E-state index is 10.1. The molecule has 0 aliphatic heterocycles. The Morgan fingerprint density at radius 3 is 2.43 bits per heavy atom. The maximum Gasteiger partial charge on any atom is 0.146 e. The fourth-order valence-corrected chi connectivity index (χ4v) is 2.25. The summed E-state index contributed by atoms with van der Waals surface area (Å²) in [5, 5.41) is 19.4. The van der Waals surface area contributed by atoms with E-state index in [9.17, 15) is 5.11 Å². The Morgan fingerprint density at radius 2 is 1.71 bits per heavy atom. The number of halogens is 1. The van der Waals surface area contributed by atoms with Crippen molar-refractivity contribution in [3.8, 4) is 11.4 Å². The molecule has 0 aliphatic rings. The van der Waals surface area contributed by atoms with E-state index in [1.165, 1.54) is 4.80 Å². The smallest absolute Gasteiger partial charge is 0.146 e. The van der Waals surface area contributed by atoms with E-state index in [0.29, 0.717) is 16.2 Å². The molecule has 0 fully saturated rings. The maximum atomic E-state index is 10.1.